The van der Waals surface area contributed by atoms with Gasteiger partial charge in [0, 0.05) is 6.07 Å². The van der Waals surface area contributed by atoms with Gasteiger partial charge in [0.1, 0.15) is 11.5 Å². The van der Waals surface area contributed by atoms with Gasteiger partial charge >= 0.3 is 0 Å². The molecule has 0 bridgehead atoms. The maximum atomic E-state index is 11.3. The SMILES string of the molecule is NS(=O)(=O)c1ccc(NCc2nc3ccccc3[nH]2)c([N+](=O)[O-])c1. The highest BCUT2D eigenvalue weighted by atomic mass is 32.2. The zero-order valence-electron chi connectivity index (χ0n) is 12.3. The van der Waals surface area contributed by atoms with E-state index in [0.717, 1.165) is 17.1 Å². The lowest BCUT2D eigenvalue weighted by molar-refractivity contribution is -0.384. The van der Waals surface area contributed by atoms with E-state index in [2.05, 4.69) is 15.3 Å². The minimum atomic E-state index is -4.01. The molecule has 0 saturated heterocycles. The summed E-state index contributed by atoms with van der Waals surface area (Å²) < 4.78 is 22.6. The van der Waals surface area contributed by atoms with Crippen LogP contribution in [0.3, 0.4) is 0 Å². The number of primary sulfonamides is 1. The second-order valence-electron chi connectivity index (χ2n) is 5.04. The van der Waals surface area contributed by atoms with Gasteiger partial charge in [0.25, 0.3) is 5.69 Å². The van der Waals surface area contributed by atoms with Crippen molar-refractivity contribution in [3.8, 4) is 0 Å². The van der Waals surface area contributed by atoms with Gasteiger partial charge in [-0.1, -0.05) is 12.1 Å². The van der Waals surface area contributed by atoms with Crippen molar-refractivity contribution in [1.29, 1.82) is 0 Å². The molecule has 0 aliphatic rings. The highest BCUT2D eigenvalue weighted by Crippen LogP contribution is 2.27. The maximum Gasteiger partial charge on any atom is 0.293 e. The lowest BCUT2D eigenvalue weighted by Gasteiger charge is -2.07. The molecular formula is C14H13N5O4S. The average molecular weight is 347 g/mol. The molecule has 1 heterocycles. The first-order valence-electron chi connectivity index (χ1n) is 6.83. The third-order valence-corrected chi connectivity index (χ3v) is 4.29. The second kappa shape index (κ2) is 5.91. The van der Waals surface area contributed by atoms with Crippen LogP contribution in [0.15, 0.2) is 47.4 Å². The molecule has 24 heavy (non-hydrogen) atoms. The molecule has 0 spiro atoms. The first-order valence-corrected chi connectivity index (χ1v) is 8.38. The van der Waals surface area contributed by atoms with Gasteiger partial charge in [0.05, 0.1) is 27.4 Å². The largest absolute Gasteiger partial charge is 0.372 e. The van der Waals surface area contributed by atoms with Crippen molar-refractivity contribution >= 4 is 32.4 Å². The molecule has 9 nitrogen and oxygen atoms in total. The van der Waals surface area contributed by atoms with E-state index in [0.29, 0.717) is 5.82 Å². The Morgan fingerprint density at radius 1 is 1.25 bits per heavy atom. The van der Waals surface area contributed by atoms with Gasteiger partial charge in [-0.15, -0.1) is 0 Å². The Morgan fingerprint density at radius 3 is 2.67 bits per heavy atom. The van der Waals surface area contributed by atoms with Crippen LogP contribution in [-0.4, -0.2) is 23.3 Å². The van der Waals surface area contributed by atoms with E-state index in [1.807, 2.05) is 24.3 Å². The number of hydrogen-bond acceptors (Lipinski definition) is 6. The summed E-state index contributed by atoms with van der Waals surface area (Å²) in [6, 6.07) is 10.9. The van der Waals surface area contributed by atoms with Gasteiger partial charge in [0.15, 0.2) is 0 Å². The number of nitrogens with one attached hydrogen (secondary N) is 2. The van der Waals surface area contributed by atoms with E-state index >= 15 is 0 Å². The van der Waals surface area contributed by atoms with Crippen LogP contribution in [0.2, 0.25) is 0 Å². The highest BCUT2D eigenvalue weighted by Gasteiger charge is 2.19. The molecule has 0 radical (unpaired) electrons. The first kappa shape index (κ1) is 15.9. The number of imidazole rings is 1. The molecule has 3 rings (SSSR count). The van der Waals surface area contributed by atoms with E-state index < -0.39 is 14.9 Å². The summed E-state index contributed by atoms with van der Waals surface area (Å²) in [6.07, 6.45) is 0. The van der Waals surface area contributed by atoms with Gasteiger partial charge in [0.2, 0.25) is 10.0 Å². The number of anilines is 1. The number of sulfonamides is 1. The van der Waals surface area contributed by atoms with E-state index in [1.165, 1.54) is 12.1 Å². The van der Waals surface area contributed by atoms with Crippen LogP contribution in [0.5, 0.6) is 0 Å². The Labute approximate surface area is 136 Å². The van der Waals surface area contributed by atoms with E-state index in [9.17, 15) is 18.5 Å². The zero-order valence-corrected chi connectivity index (χ0v) is 13.1. The number of benzene rings is 2. The Hall–Kier alpha value is -2.98. The third-order valence-electron chi connectivity index (χ3n) is 3.38. The molecule has 124 valence electrons. The highest BCUT2D eigenvalue weighted by molar-refractivity contribution is 7.89. The second-order valence-corrected chi connectivity index (χ2v) is 6.60. The van der Waals surface area contributed by atoms with E-state index in [-0.39, 0.29) is 22.8 Å². The topological polar surface area (TPSA) is 144 Å². The lowest BCUT2D eigenvalue weighted by atomic mass is 10.2. The number of aromatic nitrogens is 2. The van der Waals surface area contributed by atoms with Crippen molar-refractivity contribution < 1.29 is 13.3 Å². The fourth-order valence-electron chi connectivity index (χ4n) is 2.26. The first-order chi connectivity index (χ1) is 11.3. The van der Waals surface area contributed by atoms with Crippen LogP contribution in [0.25, 0.3) is 11.0 Å². The molecule has 1 aromatic heterocycles. The van der Waals surface area contributed by atoms with E-state index in [1.54, 1.807) is 0 Å². The predicted octanol–water partition coefficient (Wildman–Crippen LogP) is 1.73. The fraction of sp³-hybridized carbons (Fsp3) is 0.0714. The van der Waals surface area contributed by atoms with Crippen molar-refractivity contribution in [3.63, 3.8) is 0 Å². The molecule has 0 aliphatic carbocycles. The standard InChI is InChI=1S/C14H13N5O4S/c15-24(22,23)9-5-6-12(13(7-9)19(20)21)16-8-14-17-10-3-1-2-4-11(10)18-14/h1-7,16H,8H2,(H,17,18)(H2,15,22,23). The molecule has 0 atom stereocenters. The number of nitrogens with zero attached hydrogens (tertiary/aromatic N) is 2. The number of hydrogen-bond donors (Lipinski definition) is 3. The van der Waals surface area contributed by atoms with Crippen LogP contribution in [0, 0.1) is 10.1 Å². The molecular weight excluding hydrogens is 334 g/mol. The molecule has 0 saturated carbocycles. The van der Waals surface area contributed by atoms with Crippen molar-refractivity contribution in [3.05, 3.63) is 58.4 Å². The molecule has 2 aromatic carbocycles. The van der Waals surface area contributed by atoms with Gasteiger partial charge < -0.3 is 10.3 Å². The number of aromatic amines is 1. The Bertz CT molecular complexity index is 996. The Kier molecular flexibility index (Phi) is 3.91. The maximum absolute atomic E-state index is 11.3. The van der Waals surface area contributed by atoms with E-state index in [4.69, 9.17) is 5.14 Å². The summed E-state index contributed by atoms with van der Waals surface area (Å²) in [6.45, 7) is 0.213. The smallest absolute Gasteiger partial charge is 0.293 e. The molecule has 0 aliphatic heterocycles. The summed E-state index contributed by atoms with van der Waals surface area (Å²) >= 11 is 0. The van der Waals surface area contributed by atoms with Gasteiger partial charge in [-0.3, -0.25) is 10.1 Å². The van der Waals surface area contributed by atoms with Crippen LogP contribution < -0.4 is 10.5 Å². The lowest BCUT2D eigenvalue weighted by Crippen LogP contribution is -2.13. The molecule has 10 heteroatoms. The average Bonchev–Trinajstić information content (AvgIpc) is 2.94. The number of nitrogens with two attached hydrogens (primary N) is 1. The number of para-hydroxylation sites is 2. The molecule has 4 N–H and O–H groups in total. The van der Waals surface area contributed by atoms with Crippen LogP contribution in [0.1, 0.15) is 5.82 Å². The molecule has 0 amide bonds. The zero-order chi connectivity index (χ0) is 17.3. The minimum absolute atomic E-state index is 0.174. The predicted molar refractivity (Wildman–Crippen MR) is 87.9 cm³/mol. The quantitative estimate of drug-likeness (QED) is 0.473. The fourth-order valence-corrected chi connectivity index (χ4v) is 2.79. The minimum Gasteiger partial charge on any atom is -0.372 e. The van der Waals surface area contributed by atoms with Gasteiger partial charge in [-0.2, -0.15) is 0 Å². The Morgan fingerprint density at radius 2 is 2.00 bits per heavy atom. The summed E-state index contributed by atoms with van der Waals surface area (Å²) in [4.78, 5) is 17.6. The molecule has 0 fully saturated rings. The van der Waals surface area contributed by atoms with Crippen LogP contribution in [-0.2, 0) is 16.6 Å². The number of H-pyrrole nitrogens is 1. The summed E-state index contributed by atoms with van der Waals surface area (Å²) in [5.41, 5.74) is 1.44. The van der Waals surface area contributed by atoms with Crippen LogP contribution in [0.4, 0.5) is 11.4 Å². The summed E-state index contributed by atoms with van der Waals surface area (Å²) in [5, 5.41) is 19.0. The summed E-state index contributed by atoms with van der Waals surface area (Å²) in [5.74, 6) is 0.598. The van der Waals surface area contributed by atoms with Gasteiger partial charge in [-0.05, 0) is 24.3 Å². The monoisotopic (exact) mass is 347 g/mol. The molecule has 3 aromatic rings. The number of nitro groups is 1. The number of nitro benzene ring substituents is 1. The molecule has 0 unspecified atom stereocenters. The van der Waals surface area contributed by atoms with Gasteiger partial charge in [-0.25, -0.2) is 18.5 Å². The van der Waals surface area contributed by atoms with Crippen molar-refractivity contribution in [2.45, 2.75) is 11.4 Å². The number of fused-ring (bicyclic) bond motifs is 1. The number of rotatable bonds is 5. The van der Waals surface area contributed by atoms with Crippen molar-refractivity contribution in [2.75, 3.05) is 5.32 Å². The normalized spacial score (nSPS) is 11.5. The third kappa shape index (κ3) is 3.19. The summed E-state index contributed by atoms with van der Waals surface area (Å²) in [7, 11) is -4.01. The Balaban J connectivity index is 1.87. The van der Waals surface area contributed by atoms with Crippen molar-refractivity contribution in [2.24, 2.45) is 5.14 Å². The van der Waals surface area contributed by atoms with Crippen molar-refractivity contribution in [1.82, 2.24) is 9.97 Å². The van der Waals surface area contributed by atoms with Crippen LogP contribution >= 0.6 is 0 Å².